The summed E-state index contributed by atoms with van der Waals surface area (Å²) in [5.41, 5.74) is 1.35. The number of hydrogen-bond donors (Lipinski definition) is 0. The number of carbonyl (C=O) groups excluding carboxylic acids is 1. The molecule has 0 saturated carbocycles. The van der Waals surface area contributed by atoms with Crippen LogP contribution in [0.4, 0.5) is 15.0 Å². The van der Waals surface area contributed by atoms with Crippen LogP contribution in [0, 0.1) is 5.82 Å². The van der Waals surface area contributed by atoms with Gasteiger partial charge in [0, 0.05) is 37.1 Å². The number of benzene rings is 2. The monoisotopic (exact) mass is 414 g/mol. The third-order valence-electron chi connectivity index (χ3n) is 4.86. The first-order valence-corrected chi connectivity index (χ1v) is 9.83. The van der Waals surface area contributed by atoms with E-state index in [-0.39, 0.29) is 11.9 Å². The summed E-state index contributed by atoms with van der Waals surface area (Å²) in [5, 5.41) is 1.18. The number of amides is 1. The van der Waals surface area contributed by atoms with E-state index in [1.165, 1.54) is 12.1 Å². The number of halogens is 2. The second-order valence-corrected chi connectivity index (χ2v) is 7.09. The lowest BCUT2D eigenvalue weighted by molar-refractivity contribution is 0.105. The number of anilines is 1. The van der Waals surface area contributed by atoms with Crippen LogP contribution in [-0.4, -0.2) is 53.7 Å². The Labute approximate surface area is 172 Å². The summed E-state index contributed by atoms with van der Waals surface area (Å²) in [6, 6.07) is 11.8. The van der Waals surface area contributed by atoms with E-state index < -0.39 is 0 Å². The number of ether oxygens (including phenoxy) is 1. The molecule has 1 aliphatic rings. The summed E-state index contributed by atoms with van der Waals surface area (Å²) in [6.07, 6.45) is -0.317. The first-order chi connectivity index (χ1) is 14.1. The van der Waals surface area contributed by atoms with E-state index >= 15 is 0 Å². The Hall–Kier alpha value is -2.93. The molecule has 0 N–H and O–H groups in total. The molecule has 2 heterocycles. The highest BCUT2D eigenvalue weighted by molar-refractivity contribution is 6.33. The zero-order chi connectivity index (χ0) is 20.4. The van der Waals surface area contributed by atoms with E-state index in [1.54, 1.807) is 24.0 Å². The lowest BCUT2D eigenvalue weighted by Gasteiger charge is -2.35. The molecule has 0 unspecified atom stereocenters. The van der Waals surface area contributed by atoms with Gasteiger partial charge in [-0.25, -0.2) is 19.2 Å². The smallest absolute Gasteiger partial charge is 0.409 e. The van der Waals surface area contributed by atoms with Crippen LogP contribution in [0.15, 0.2) is 42.5 Å². The van der Waals surface area contributed by atoms with Crippen molar-refractivity contribution in [1.29, 1.82) is 0 Å². The molecule has 0 bridgehead atoms. The van der Waals surface area contributed by atoms with Gasteiger partial charge in [0.05, 0.1) is 17.1 Å². The van der Waals surface area contributed by atoms with Crippen molar-refractivity contribution in [3.05, 3.63) is 53.3 Å². The molecule has 2 aromatic carbocycles. The molecule has 1 fully saturated rings. The summed E-state index contributed by atoms with van der Waals surface area (Å²) in [5.74, 6) is 0.767. The number of piperazine rings is 1. The van der Waals surface area contributed by atoms with Crippen LogP contribution >= 0.6 is 11.6 Å². The Bertz CT molecular complexity index is 1050. The van der Waals surface area contributed by atoms with E-state index in [1.807, 2.05) is 23.1 Å². The Morgan fingerprint density at radius 2 is 1.90 bits per heavy atom. The molecule has 29 heavy (non-hydrogen) atoms. The minimum Gasteiger partial charge on any atom is -0.450 e. The molecule has 1 amide bonds. The topological polar surface area (TPSA) is 58.6 Å². The van der Waals surface area contributed by atoms with Gasteiger partial charge in [0.15, 0.2) is 5.82 Å². The highest BCUT2D eigenvalue weighted by atomic mass is 35.5. The lowest BCUT2D eigenvalue weighted by Crippen LogP contribution is -2.49. The second-order valence-electron chi connectivity index (χ2n) is 6.69. The van der Waals surface area contributed by atoms with Gasteiger partial charge in [-0.1, -0.05) is 23.7 Å². The van der Waals surface area contributed by atoms with E-state index in [0.29, 0.717) is 65.9 Å². The highest BCUT2D eigenvalue weighted by Crippen LogP contribution is 2.31. The molecule has 150 valence electrons. The van der Waals surface area contributed by atoms with Crippen LogP contribution in [0.1, 0.15) is 6.92 Å². The van der Waals surface area contributed by atoms with E-state index in [4.69, 9.17) is 21.3 Å². The largest absolute Gasteiger partial charge is 0.450 e. The molecule has 0 spiro atoms. The van der Waals surface area contributed by atoms with Crippen molar-refractivity contribution >= 4 is 34.4 Å². The molecular formula is C21H20ClFN4O2. The number of fused-ring (bicyclic) bond motifs is 1. The average Bonchev–Trinajstić information content (AvgIpc) is 2.74. The van der Waals surface area contributed by atoms with Gasteiger partial charge in [0.25, 0.3) is 0 Å². The maximum atomic E-state index is 14.0. The van der Waals surface area contributed by atoms with Crippen molar-refractivity contribution in [2.45, 2.75) is 6.92 Å². The summed E-state index contributed by atoms with van der Waals surface area (Å²) < 4.78 is 19.0. The quantitative estimate of drug-likeness (QED) is 0.637. The predicted octanol–water partition coefficient (Wildman–Crippen LogP) is 4.37. The molecule has 8 heteroatoms. The van der Waals surface area contributed by atoms with E-state index in [0.717, 1.165) is 0 Å². The summed E-state index contributed by atoms with van der Waals surface area (Å²) in [6.45, 7) is 4.25. The van der Waals surface area contributed by atoms with Gasteiger partial charge >= 0.3 is 6.09 Å². The zero-order valence-corrected chi connectivity index (χ0v) is 16.7. The highest BCUT2D eigenvalue weighted by Gasteiger charge is 2.25. The van der Waals surface area contributed by atoms with Crippen molar-refractivity contribution in [2.24, 2.45) is 0 Å². The number of hydrogen-bond acceptors (Lipinski definition) is 5. The lowest BCUT2D eigenvalue weighted by atomic mass is 10.1. The van der Waals surface area contributed by atoms with Gasteiger partial charge in [-0.15, -0.1) is 0 Å². The molecule has 0 radical (unpaired) electrons. The first-order valence-electron chi connectivity index (χ1n) is 9.45. The van der Waals surface area contributed by atoms with Crippen molar-refractivity contribution in [3.8, 4) is 11.4 Å². The Balaban J connectivity index is 1.72. The van der Waals surface area contributed by atoms with E-state index in [2.05, 4.69) is 4.98 Å². The fourth-order valence-electron chi connectivity index (χ4n) is 3.40. The molecule has 0 aliphatic carbocycles. The second kappa shape index (κ2) is 8.21. The fourth-order valence-corrected chi connectivity index (χ4v) is 3.62. The maximum absolute atomic E-state index is 14.0. The molecule has 3 aromatic rings. The SMILES string of the molecule is CCOC(=O)N1CCN(c2nc(-c3ccccc3Cl)nc3ccc(F)cc23)CC1. The Morgan fingerprint density at radius 3 is 2.62 bits per heavy atom. The van der Waals surface area contributed by atoms with Gasteiger partial charge in [-0.2, -0.15) is 0 Å². The van der Waals surface area contributed by atoms with Crippen molar-refractivity contribution in [3.63, 3.8) is 0 Å². The summed E-state index contributed by atoms with van der Waals surface area (Å²) >= 11 is 6.35. The van der Waals surface area contributed by atoms with Crippen molar-refractivity contribution in [2.75, 3.05) is 37.7 Å². The molecule has 1 saturated heterocycles. The average molecular weight is 415 g/mol. The van der Waals surface area contributed by atoms with Crippen molar-refractivity contribution in [1.82, 2.24) is 14.9 Å². The summed E-state index contributed by atoms with van der Waals surface area (Å²) in [4.78, 5) is 25.0. The molecule has 6 nitrogen and oxygen atoms in total. The van der Waals surface area contributed by atoms with E-state index in [9.17, 15) is 9.18 Å². The standard InChI is InChI=1S/C21H20ClFN4O2/c1-2-29-21(28)27-11-9-26(10-12-27)20-16-13-14(23)7-8-18(16)24-19(25-20)15-5-3-4-6-17(15)22/h3-8,13H,2,9-12H2,1H3. The Kier molecular flexibility index (Phi) is 5.49. The minimum atomic E-state index is -0.349. The Morgan fingerprint density at radius 1 is 1.14 bits per heavy atom. The molecule has 4 rings (SSSR count). The van der Waals surface area contributed by atoms with Gasteiger partial charge in [0.1, 0.15) is 11.6 Å². The summed E-state index contributed by atoms with van der Waals surface area (Å²) in [7, 11) is 0. The van der Waals surface area contributed by atoms with Gasteiger partial charge < -0.3 is 14.5 Å². The third-order valence-corrected chi connectivity index (χ3v) is 5.19. The van der Waals surface area contributed by atoms with Gasteiger partial charge in [-0.05, 0) is 37.3 Å². The predicted molar refractivity (Wildman–Crippen MR) is 111 cm³/mol. The van der Waals surface area contributed by atoms with Crippen LogP contribution in [0.3, 0.4) is 0 Å². The zero-order valence-electron chi connectivity index (χ0n) is 15.9. The third kappa shape index (κ3) is 3.96. The van der Waals surface area contributed by atoms with Crippen LogP contribution in [-0.2, 0) is 4.74 Å². The number of aromatic nitrogens is 2. The van der Waals surface area contributed by atoms with Crippen LogP contribution in [0.2, 0.25) is 5.02 Å². The maximum Gasteiger partial charge on any atom is 0.409 e. The molecule has 1 aliphatic heterocycles. The van der Waals surface area contributed by atoms with Gasteiger partial charge in [0.2, 0.25) is 0 Å². The fraction of sp³-hybridized carbons (Fsp3) is 0.286. The van der Waals surface area contributed by atoms with Crippen LogP contribution < -0.4 is 4.90 Å². The molecular weight excluding hydrogens is 395 g/mol. The molecule has 0 atom stereocenters. The number of carbonyl (C=O) groups is 1. The number of rotatable bonds is 3. The number of nitrogens with zero attached hydrogens (tertiary/aromatic N) is 4. The van der Waals surface area contributed by atoms with Crippen LogP contribution in [0.25, 0.3) is 22.3 Å². The van der Waals surface area contributed by atoms with Crippen molar-refractivity contribution < 1.29 is 13.9 Å². The van der Waals surface area contributed by atoms with Crippen LogP contribution in [0.5, 0.6) is 0 Å². The molecule has 1 aromatic heterocycles. The normalized spacial score (nSPS) is 14.3. The first kappa shape index (κ1) is 19.4. The van der Waals surface area contributed by atoms with Gasteiger partial charge in [-0.3, -0.25) is 0 Å². The minimum absolute atomic E-state index is 0.317.